The minimum absolute atomic E-state index is 0.0251. The van der Waals surface area contributed by atoms with E-state index in [2.05, 4.69) is 5.32 Å². The molecule has 0 unspecified atom stereocenters. The fourth-order valence-corrected chi connectivity index (χ4v) is 2.94. The van der Waals surface area contributed by atoms with Crippen molar-refractivity contribution in [2.45, 2.75) is 19.4 Å². The Morgan fingerprint density at radius 2 is 2.04 bits per heavy atom. The van der Waals surface area contributed by atoms with Crippen LogP contribution in [0.5, 0.6) is 11.5 Å². The van der Waals surface area contributed by atoms with Crippen molar-refractivity contribution in [2.24, 2.45) is 0 Å². The monoisotopic (exact) mass is 354 g/mol. The molecule has 1 atom stereocenters. The highest BCUT2D eigenvalue weighted by molar-refractivity contribution is 5.95. The summed E-state index contributed by atoms with van der Waals surface area (Å²) in [5.74, 6) is 0.958. The normalized spacial score (nSPS) is 14.9. The lowest BCUT2D eigenvalue weighted by molar-refractivity contribution is -0.140. The number of benzene rings is 2. The summed E-state index contributed by atoms with van der Waals surface area (Å²) in [7, 11) is 1.57. The highest BCUT2D eigenvalue weighted by Crippen LogP contribution is 2.29. The first-order valence-electron chi connectivity index (χ1n) is 8.58. The predicted molar refractivity (Wildman–Crippen MR) is 98.4 cm³/mol. The number of ether oxygens (including phenoxy) is 2. The van der Waals surface area contributed by atoms with Crippen molar-refractivity contribution in [3.63, 3.8) is 0 Å². The van der Waals surface area contributed by atoms with Crippen molar-refractivity contribution >= 4 is 17.5 Å². The number of rotatable bonds is 6. The van der Waals surface area contributed by atoms with Crippen LogP contribution >= 0.6 is 0 Å². The zero-order chi connectivity index (χ0) is 18.5. The van der Waals surface area contributed by atoms with Gasteiger partial charge in [-0.15, -0.1) is 0 Å². The van der Waals surface area contributed by atoms with Crippen LogP contribution in [0.3, 0.4) is 0 Å². The first-order chi connectivity index (χ1) is 12.6. The molecule has 6 nitrogen and oxygen atoms in total. The molecule has 0 spiro atoms. The van der Waals surface area contributed by atoms with Crippen LogP contribution < -0.4 is 14.8 Å². The first kappa shape index (κ1) is 17.8. The summed E-state index contributed by atoms with van der Waals surface area (Å²) >= 11 is 0. The van der Waals surface area contributed by atoms with Gasteiger partial charge in [-0.3, -0.25) is 9.59 Å². The largest absolute Gasteiger partial charge is 0.497 e. The number of hydrogen-bond acceptors (Lipinski definition) is 4. The molecule has 1 N–H and O–H groups in total. The van der Waals surface area contributed by atoms with Gasteiger partial charge in [0.2, 0.25) is 5.91 Å². The molecule has 1 heterocycles. The van der Waals surface area contributed by atoms with Gasteiger partial charge in [-0.25, -0.2) is 0 Å². The molecule has 0 radical (unpaired) electrons. The molecule has 2 aromatic rings. The van der Waals surface area contributed by atoms with Crippen LogP contribution in [0.15, 0.2) is 48.5 Å². The third kappa shape index (κ3) is 3.96. The summed E-state index contributed by atoms with van der Waals surface area (Å²) in [5.41, 5.74) is 1.64. The molecule has 0 bridgehead atoms. The number of nitrogens with one attached hydrogen (secondary N) is 1. The Bertz CT molecular complexity index is 781. The molecule has 26 heavy (non-hydrogen) atoms. The van der Waals surface area contributed by atoms with Crippen LogP contribution in [0.4, 0.5) is 5.69 Å². The minimum atomic E-state index is -0.572. The van der Waals surface area contributed by atoms with Gasteiger partial charge in [0, 0.05) is 24.7 Å². The molecule has 0 aromatic heterocycles. The van der Waals surface area contributed by atoms with Crippen LogP contribution in [-0.2, 0) is 16.0 Å². The fraction of sp³-hybridized carbons (Fsp3) is 0.300. The van der Waals surface area contributed by atoms with Crippen molar-refractivity contribution in [3.8, 4) is 11.5 Å². The van der Waals surface area contributed by atoms with Gasteiger partial charge in [0.25, 0.3) is 5.91 Å². The van der Waals surface area contributed by atoms with Gasteiger partial charge < -0.3 is 19.7 Å². The summed E-state index contributed by atoms with van der Waals surface area (Å²) in [6, 6.07) is 14.7. The van der Waals surface area contributed by atoms with Crippen molar-refractivity contribution in [1.82, 2.24) is 4.90 Å². The lowest BCUT2D eigenvalue weighted by Gasteiger charge is -2.23. The molecule has 0 saturated heterocycles. The van der Waals surface area contributed by atoms with Crippen LogP contribution in [0.1, 0.15) is 12.5 Å². The van der Waals surface area contributed by atoms with Crippen LogP contribution in [0, 0.1) is 0 Å². The number of amides is 2. The maximum absolute atomic E-state index is 12.7. The molecular weight excluding hydrogens is 332 g/mol. The molecule has 0 aliphatic carbocycles. The fourth-order valence-electron chi connectivity index (χ4n) is 2.94. The number of fused-ring (bicyclic) bond motifs is 1. The van der Waals surface area contributed by atoms with Crippen molar-refractivity contribution in [1.29, 1.82) is 0 Å². The van der Waals surface area contributed by atoms with Gasteiger partial charge in [-0.2, -0.15) is 0 Å². The lowest BCUT2D eigenvalue weighted by atomic mass is 10.1. The highest BCUT2D eigenvalue weighted by atomic mass is 16.5. The maximum atomic E-state index is 12.7. The Balaban J connectivity index is 1.60. The van der Waals surface area contributed by atoms with Crippen molar-refractivity contribution < 1.29 is 19.1 Å². The standard InChI is InChI=1S/C20H22N2O4/c1-3-22(13-19(23)21-15-8-6-9-16(12-15)25-2)20(24)18-11-14-7-4-5-10-17(14)26-18/h4-10,12,18H,3,11,13H2,1-2H3,(H,21,23)/t18-/m1/s1. The second kappa shape index (κ2) is 7.91. The number of likely N-dealkylation sites (N-methyl/N-ethyl adjacent to an activating group) is 1. The zero-order valence-electron chi connectivity index (χ0n) is 14.9. The summed E-state index contributed by atoms with van der Waals surface area (Å²) in [5, 5.41) is 2.79. The SMILES string of the molecule is CCN(CC(=O)Nc1cccc(OC)c1)C(=O)[C@H]1Cc2ccccc2O1. The molecule has 3 rings (SSSR count). The van der Waals surface area contributed by atoms with E-state index in [-0.39, 0.29) is 18.4 Å². The van der Waals surface area contributed by atoms with Gasteiger partial charge in [-0.1, -0.05) is 24.3 Å². The average molecular weight is 354 g/mol. The number of carbonyl (C=O) groups excluding carboxylic acids is 2. The maximum Gasteiger partial charge on any atom is 0.264 e. The van der Waals surface area contributed by atoms with E-state index >= 15 is 0 Å². The van der Waals surface area contributed by atoms with Crippen molar-refractivity contribution in [2.75, 3.05) is 25.5 Å². The Morgan fingerprint density at radius 3 is 2.77 bits per heavy atom. The molecule has 0 saturated carbocycles. The summed E-state index contributed by atoms with van der Waals surface area (Å²) < 4.78 is 10.9. The van der Waals surface area contributed by atoms with E-state index in [1.54, 1.807) is 31.4 Å². The van der Waals surface area contributed by atoms with E-state index in [0.717, 1.165) is 11.3 Å². The van der Waals surface area contributed by atoms with Crippen LogP contribution in [0.25, 0.3) is 0 Å². The summed E-state index contributed by atoms with van der Waals surface area (Å²) in [6.07, 6.45) is -0.0415. The van der Waals surface area contributed by atoms with Gasteiger partial charge in [-0.05, 0) is 30.7 Å². The van der Waals surface area contributed by atoms with Gasteiger partial charge in [0.15, 0.2) is 6.10 Å². The Hall–Kier alpha value is -3.02. The number of methoxy groups -OCH3 is 1. The second-order valence-electron chi connectivity index (χ2n) is 6.05. The molecule has 136 valence electrons. The first-order valence-corrected chi connectivity index (χ1v) is 8.58. The van der Waals surface area contributed by atoms with E-state index in [4.69, 9.17) is 9.47 Å². The molecular formula is C20H22N2O4. The molecule has 2 amide bonds. The van der Waals surface area contributed by atoms with Gasteiger partial charge in [0.1, 0.15) is 11.5 Å². The van der Waals surface area contributed by atoms with Gasteiger partial charge in [0.05, 0.1) is 13.7 Å². The molecule has 1 aliphatic heterocycles. The summed E-state index contributed by atoms with van der Waals surface area (Å²) in [6.45, 7) is 2.25. The number of hydrogen-bond donors (Lipinski definition) is 1. The third-order valence-electron chi connectivity index (χ3n) is 4.30. The predicted octanol–water partition coefficient (Wildman–Crippen LogP) is 2.49. The Labute approximate surface area is 152 Å². The topological polar surface area (TPSA) is 67.9 Å². The molecule has 0 fully saturated rings. The van der Waals surface area contributed by atoms with Crippen LogP contribution in [-0.4, -0.2) is 43.0 Å². The molecule has 2 aromatic carbocycles. The molecule has 1 aliphatic rings. The van der Waals surface area contributed by atoms with E-state index in [9.17, 15) is 9.59 Å². The van der Waals surface area contributed by atoms with Crippen LogP contribution in [0.2, 0.25) is 0 Å². The zero-order valence-corrected chi connectivity index (χ0v) is 14.9. The smallest absolute Gasteiger partial charge is 0.264 e. The van der Waals surface area contributed by atoms with E-state index in [1.807, 2.05) is 31.2 Å². The number of anilines is 1. The second-order valence-corrected chi connectivity index (χ2v) is 6.05. The summed E-state index contributed by atoms with van der Waals surface area (Å²) in [4.78, 5) is 26.6. The number of nitrogens with zero attached hydrogens (tertiary/aromatic N) is 1. The van der Waals surface area contributed by atoms with E-state index in [0.29, 0.717) is 24.4 Å². The number of carbonyl (C=O) groups is 2. The Morgan fingerprint density at radius 1 is 1.23 bits per heavy atom. The Kier molecular flexibility index (Phi) is 5.41. The van der Waals surface area contributed by atoms with Gasteiger partial charge >= 0.3 is 0 Å². The average Bonchev–Trinajstić information content (AvgIpc) is 3.10. The lowest BCUT2D eigenvalue weighted by Crippen LogP contribution is -2.44. The number of para-hydroxylation sites is 1. The van der Waals surface area contributed by atoms with E-state index in [1.165, 1.54) is 4.90 Å². The van der Waals surface area contributed by atoms with E-state index < -0.39 is 6.10 Å². The highest BCUT2D eigenvalue weighted by Gasteiger charge is 2.32. The minimum Gasteiger partial charge on any atom is -0.497 e. The van der Waals surface area contributed by atoms with Crippen molar-refractivity contribution in [3.05, 3.63) is 54.1 Å². The quantitative estimate of drug-likeness (QED) is 0.865. The molecule has 6 heteroatoms. The third-order valence-corrected chi connectivity index (χ3v) is 4.30.